The first-order valence-corrected chi connectivity index (χ1v) is 11.3. The molecule has 0 saturated heterocycles. The first kappa shape index (κ1) is 21.8. The SMILES string of the molecule is CCOc1cccc2sc(N(Cc3cccnc3)C(=O)Cc3ccc(OC)c(C)c3)nc12. The number of methoxy groups -OCH3 is 1. The molecule has 164 valence electrons. The van der Waals surface area contributed by atoms with Crippen LogP contribution in [0.15, 0.2) is 60.9 Å². The molecule has 0 fully saturated rings. The number of fused-ring (bicyclic) bond motifs is 1. The van der Waals surface area contributed by atoms with E-state index in [1.165, 1.54) is 11.3 Å². The minimum atomic E-state index is -0.0320. The molecular formula is C25H25N3O3S. The third kappa shape index (κ3) is 4.73. The zero-order valence-electron chi connectivity index (χ0n) is 18.4. The van der Waals surface area contributed by atoms with Gasteiger partial charge in [0.1, 0.15) is 17.0 Å². The van der Waals surface area contributed by atoms with Crippen LogP contribution in [0.3, 0.4) is 0 Å². The Morgan fingerprint density at radius 2 is 1.97 bits per heavy atom. The number of para-hydroxylation sites is 1. The molecule has 0 aliphatic carbocycles. The van der Waals surface area contributed by atoms with E-state index in [0.717, 1.165) is 38.4 Å². The summed E-state index contributed by atoms with van der Waals surface area (Å²) in [5.41, 5.74) is 3.65. The van der Waals surface area contributed by atoms with Gasteiger partial charge in [0.05, 0.1) is 31.4 Å². The van der Waals surface area contributed by atoms with Crippen molar-refractivity contribution in [3.63, 3.8) is 0 Å². The second-order valence-electron chi connectivity index (χ2n) is 7.35. The molecular weight excluding hydrogens is 422 g/mol. The van der Waals surface area contributed by atoms with E-state index in [2.05, 4.69) is 4.98 Å². The maximum atomic E-state index is 13.5. The predicted molar refractivity (Wildman–Crippen MR) is 128 cm³/mol. The Morgan fingerprint density at radius 1 is 1.09 bits per heavy atom. The van der Waals surface area contributed by atoms with Crippen molar-refractivity contribution in [1.29, 1.82) is 0 Å². The van der Waals surface area contributed by atoms with Crippen LogP contribution in [0.25, 0.3) is 10.2 Å². The van der Waals surface area contributed by atoms with Crippen molar-refractivity contribution < 1.29 is 14.3 Å². The van der Waals surface area contributed by atoms with Crippen LogP contribution in [-0.4, -0.2) is 29.6 Å². The van der Waals surface area contributed by atoms with Gasteiger partial charge in [-0.3, -0.25) is 14.7 Å². The van der Waals surface area contributed by atoms with Gasteiger partial charge in [0.2, 0.25) is 5.91 Å². The van der Waals surface area contributed by atoms with Crippen molar-refractivity contribution in [2.45, 2.75) is 26.8 Å². The number of pyridine rings is 1. The van der Waals surface area contributed by atoms with Crippen molar-refractivity contribution in [1.82, 2.24) is 9.97 Å². The van der Waals surface area contributed by atoms with E-state index in [-0.39, 0.29) is 12.3 Å². The molecule has 7 heteroatoms. The molecule has 4 aromatic rings. The number of carbonyl (C=O) groups is 1. The van der Waals surface area contributed by atoms with Crippen molar-refractivity contribution in [3.05, 3.63) is 77.6 Å². The minimum absolute atomic E-state index is 0.0320. The number of anilines is 1. The molecule has 2 aromatic heterocycles. The lowest BCUT2D eigenvalue weighted by molar-refractivity contribution is -0.118. The number of carbonyl (C=O) groups excluding carboxylic acids is 1. The van der Waals surface area contributed by atoms with Gasteiger partial charge in [-0.05, 0) is 54.8 Å². The van der Waals surface area contributed by atoms with Gasteiger partial charge < -0.3 is 9.47 Å². The highest BCUT2D eigenvalue weighted by atomic mass is 32.1. The third-order valence-electron chi connectivity index (χ3n) is 5.08. The summed E-state index contributed by atoms with van der Waals surface area (Å²) >= 11 is 1.49. The zero-order chi connectivity index (χ0) is 22.5. The standard InChI is InChI=1S/C25H25N3O3S/c1-4-31-21-8-5-9-22-24(21)27-25(32-22)28(16-19-7-6-12-26-15-19)23(29)14-18-10-11-20(30-3)17(2)13-18/h5-13,15H,4,14,16H2,1-3H3. The molecule has 0 aliphatic rings. The molecule has 4 rings (SSSR count). The Hall–Kier alpha value is -3.45. The van der Waals surface area contributed by atoms with E-state index in [4.69, 9.17) is 14.5 Å². The summed E-state index contributed by atoms with van der Waals surface area (Å²) in [6.07, 6.45) is 3.76. The van der Waals surface area contributed by atoms with E-state index in [9.17, 15) is 4.79 Å². The van der Waals surface area contributed by atoms with Gasteiger partial charge in [0.15, 0.2) is 5.13 Å². The van der Waals surface area contributed by atoms with Crippen molar-refractivity contribution >= 4 is 32.6 Å². The van der Waals surface area contributed by atoms with Crippen molar-refractivity contribution in [2.24, 2.45) is 0 Å². The highest BCUT2D eigenvalue weighted by Crippen LogP contribution is 2.35. The molecule has 0 radical (unpaired) electrons. The van der Waals surface area contributed by atoms with Crippen LogP contribution < -0.4 is 14.4 Å². The van der Waals surface area contributed by atoms with Crippen LogP contribution in [-0.2, 0) is 17.8 Å². The molecule has 6 nitrogen and oxygen atoms in total. The second kappa shape index (κ2) is 9.78. The Balaban J connectivity index is 1.68. The molecule has 0 aliphatic heterocycles. The Morgan fingerprint density at radius 3 is 2.69 bits per heavy atom. The number of nitrogens with zero attached hydrogens (tertiary/aromatic N) is 3. The largest absolute Gasteiger partial charge is 0.496 e. The van der Waals surface area contributed by atoms with Crippen molar-refractivity contribution in [2.75, 3.05) is 18.6 Å². The molecule has 32 heavy (non-hydrogen) atoms. The molecule has 2 heterocycles. The summed E-state index contributed by atoms with van der Waals surface area (Å²) in [6.45, 7) is 4.87. The van der Waals surface area contributed by atoms with E-state index in [0.29, 0.717) is 18.3 Å². The number of hydrogen-bond donors (Lipinski definition) is 0. The number of thiazole rings is 1. The number of aryl methyl sites for hydroxylation is 1. The molecule has 0 saturated carbocycles. The van der Waals surface area contributed by atoms with Crippen LogP contribution in [0.5, 0.6) is 11.5 Å². The fourth-order valence-electron chi connectivity index (χ4n) is 3.56. The number of aromatic nitrogens is 2. The quantitative estimate of drug-likeness (QED) is 0.372. The molecule has 0 spiro atoms. The number of hydrogen-bond acceptors (Lipinski definition) is 6. The van der Waals surface area contributed by atoms with Crippen LogP contribution in [0.2, 0.25) is 0 Å². The maximum absolute atomic E-state index is 13.5. The van der Waals surface area contributed by atoms with Crippen molar-refractivity contribution in [3.8, 4) is 11.5 Å². The first-order chi connectivity index (χ1) is 15.6. The number of rotatable bonds is 8. The topological polar surface area (TPSA) is 64.5 Å². The van der Waals surface area contributed by atoms with Crippen LogP contribution in [0.4, 0.5) is 5.13 Å². The van der Waals surface area contributed by atoms with Gasteiger partial charge >= 0.3 is 0 Å². The average molecular weight is 448 g/mol. The Kier molecular flexibility index (Phi) is 6.66. The summed E-state index contributed by atoms with van der Waals surface area (Å²) < 4.78 is 12.1. The normalized spacial score (nSPS) is 10.8. The molecule has 2 aromatic carbocycles. The predicted octanol–water partition coefficient (Wildman–Crippen LogP) is 5.18. The lowest BCUT2D eigenvalue weighted by Gasteiger charge is -2.20. The van der Waals surface area contributed by atoms with Crippen LogP contribution in [0.1, 0.15) is 23.6 Å². The molecule has 0 atom stereocenters. The molecule has 1 amide bonds. The number of benzene rings is 2. The lowest BCUT2D eigenvalue weighted by atomic mass is 10.1. The van der Waals surface area contributed by atoms with Gasteiger partial charge in [-0.1, -0.05) is 35.6 Å². The van der Waals surface area contributed by atoms with Crippen LogP contribution >= 0.6 is 11.3 Å². The minimum Gasteiger partial charge on any atom is -0.496 e. The second-order valence-corrected chi connectivity index (χ2v) is 8.36. The highest BCUT2D eigenvalue weighted by Gasteiger charge is 2.22. The molecule has 0 N–H and O–H groups in total. The van der Waals surface area contributed by atoms with Gasteiger partial charge in [-0.2, -0.15) is 0 Å². The van der Waals surface area contributed by atoms with Crippen LogP contribution in [0, 0.1) is 6.92 Å². The van der Waals surface area contributed by atoms with Gasteiger partial charge in [-0.25, -0.2) is 4.98 Å². The smallest absolute Gasteiger partial charge is 0.233 e. The zero-order valence-corrected chi connectivity index (χ0v) is 19.2. The van der Waals surface area contributed by atoms with Gasteiger partial charge in [0, 0.05) is 12.4 Å². The Bertz CT molecular complexity index is 1220. The summed E-state index contributed by atoms with van der Waals surface area (Å²) in [4.78, 5) is 24.2. The molecule has 0 unspecified atom stereocenters. The summed E-state index contributed by atoms with van der Waals surface area (Å²) in [5.74, 6) is 1.51. The Labute approximate surface area is 191 Å². The number of ether oxygens (including phenoxy) is 2. The maximum Gasteiger partial charge on any atom is 0.233 e. The molecule has 0 bridgehead atoms. The van der Waals surface area contributed by atoms with E-state index in [1.807, 2.05) is 62.4 Å². The van der Waals surface area contributed by atoms with E-state index in [1.54, 1.807) is 24.4 Å². The fourth-order valence-corrected chi connectivity index (χ4v) is 4.56. The fraction of sp³-hybridized carbons (Fsp3) is 0.240. The first-order valence-electron chi connectivity index (χ1n) is 10.4. The summed E-state index contributed by atoms with van der Waals surface area (Å²) in [6, 6.07) is 15.5. The highest BCUT2D eigenvalue weighted by molar-refractivity contribution is 7.22. The number of amides is 1. The van der Waals surface area contributed by atoms with E-state index >= 15 is 0 Å². The monoisotopic (exact) mass is 447 g/mol. The van der Waals surface area contributed by atoms with Gasteiger partial charge in [-0.15, -0.1) is 0 Å². The van der Waals surface area contributed by atoms with E-state index < -0.39 is 0 Å². The average Bonchev–Trinajstić information content (AvgIpc) is 3.23. The lowest BCUT2D eigenvalue weighted by Crippen LogP contribution is -2.31. The van der Waals surface area contributed by atoms with Gasteiger partial charge in [0.25, 0.3) is 0 Å². The summed E-state index contributed by atoms with van der Waals surface area (Å²) in [5, 5.41) is 0.645. The third-order valence-corrected chi connectivity index (χ3v) is 6.12. The summed E-state index contributed by atoms with van der Waals surface area (Å²) in [7, 11) is 1.65.